The number of thioether (sulfide) groups is 1. The van der Waals surface area contributed by atoms with Gasteiger partial charge in [-0.15, -0.1) is 0 Å². The van der Waals surface area contributed by atoms with E-state index in [-0.39, 0.29) is 0 Å². The fraction of sp³-hybridized carbons (Fsp3) is 0.440. The number of hydrogen-bond donors (Lipinski definition) is 2. The number of morpholine rings is 1. The van der Waals surface area contributed by atoms with E-state index in [9.17, 15) is 0 Å². The maximum absolute atomic E-state index is 6.07. The number of aliphatic imine (C=N–C) groups is 1. The molecule has 8 heteroatoms. The van der Waals surface area contributed by atoms with Gasteiger partial charge in [0.15, 0.2) is 10.3 Å². The summed E-state index contributed by atoms with van der Waals surface area (Å²) in [7, 11) is 0. The highest BCUT2D eigenvalue weighted by molar-refractivity contribution is 8.14. The van der Waals surface area contributed by atoms with Gasteiger partial charge in [0.1, 0.15) is 0 Å². The number of nitrogens with zero attached hydrogens (tertiary/aromatic N) is 3. The van der Waals surface area contributed by atoms with Crippen LogP contribution in [0.4, 0.5) is 11.4 Å². The van der Waals surface area contributed by atoms with Crippen LogP contribution in [0.1, 0.15) is 19.3 Å². The molecule has 0 spiro atoms. The van der Waals surface area contributed by atoms with Gasteiger partial charge in [-0.1, -0.05) is 42.1 Å². The number of hydrogen-bond acceptors (Lipinski definition) is 5. The minimum atomic E-state index is 0.379. The second-order valence-corrected chi connectivity index (χ2v) is 9.77. The molecule has 1 aromatic carbocycles. The molecule has 2 heterocycles. The minimum absolute atomic E-state index is 0.379. The van der Waals surface area contributed by atoms with Crippen LogP contribution in [0.5, 0.6) is 0 Å². The number of allylic oxidation sites excluding steroid dienone is 5. The van der Waals surface area contributed by atoms with Gasteiger partial charge < -0.3 is 20.7 Å². The van der Waals surface area contributed by atoms with E-state index in [1.165, 1.54) is 35.9 Å². The van der Waals surface area contributed by atoms with Gasteiger partial charge in [0.05, 0.1) is 13.2 Å². The lowest BCUT2D eigenvalue weighted by Crippen LogP contribution is -2.49. The third-order valence-corrected chi connectivity index (χ3v) is 7.22. The summed E-state index contributed by atoms with van der Waals surface area (Å²) in [6.45, 7) is 6.07. The van der Waals surface area contributed by atoms with Crippen molar-refractivity contribution in [3.8, 4) is 0 Å². The zero-order valence-corrected chi connectivity index (χ0v) is 20.6. The quantitative estimate of drug-likeness (QED) is 0.370. The number of piperidine rings is 1. The Hall–Kier alpha value is -2.13. The van der Waals surface area contributed by atoms with Gasteiger partial charge in [-0.2, -0.15) is 4.99 Å². The molecule has 2 aliphatic heterocycles. The first kappa shape index (κ1) is 24.0. The first-order valence-electron chi connectivity index (χ1n) is 11.6. The highest BCUT2D eigenvalue weighted by Gasteiger charge is 2.25. The normalized spacial score (nSPS) is 20.4. The van der Waals surface area contributed by atoms with Crippen molar-refractivity contribution in [1.29, 1.82) is 0 Å². The lowest BCUT2D eigenvalue weighted by atomic mass is 10.0. The molecule has 6 nitrogen and oxygen atoms in total. The summed E-state index contributed by atoms with van der Waals surface area (Å²) in [5.41, 5.74) is 9.47. The van der Waals surface area contributed by atoms with Crippen LogP contribution in [0.25, 0.3) is 0 Å². The number of nitrogens with two attached hydrogens (primary N) is 1. The number of ether oxygens (including phenoxy) is 1. The average molecular weight is 484 g/mol. The molecule has 3 N–H and O–H groups in total. The molecule has 0 atom stereocenters. The largest absolute Gasteiger partial charge is 0.379 e. The number of amidine groups is 1. The number of anilines is 2. The van der Waals surface area contributed by atoms with Crippen LogP contribution in [0.3, 0.4) is 0 Å². The maximum atomic E-state index is 6.07. The fourth-order valence-electron chi connectivity index (χ4n) is 4.35. The summed E-state index contributed by atoms with van der Waals surface area (Å²) >= 11 is 6.87. The predicted molar refractivity (Wildman–Crippen MR) is 145 cm³/mol. The van der Waals surface area contributed by atoms with E-state index in [1.54, 1.807) is 0 Å². The lowest BCUT2D eigenvalue weighted by molar-refractivity contribution is 0.0115. The van der Waals surface area contributed by atoms with Gasteiger partial charge in [-0.25, -0.2) is 0 Å². The Morgan fingerprint density at radius 1 is 1.12 bits per heavy atom. The van der Waals surface area contributed by atoms with Crippen molar-refractivity contribution < 1.29 is 4.74 Å². The zero-order chi connectivity index (χ0) is 22.9. The van der Waals surface area contributed by atoms with Gasteiger partial charge in [0.2, 0.25) is 0 Å². The highest BCUT2D eigenvalue weighted by atomic mass is 32.2. The van der Waals surface area contributed by atoms with Crippen LogP contribution in [-0.4, -0.2) is 66.4 Å². The molecule has 0 radical (unpaired) electrons. The van der Waals surface area contributed by atoms with Gasteiger partial charge in [-0.3, -0.25) is 4.90 Å². The van der Waals surface area contributed by atoms with Crippen LogP contribution in [0.15, 0.2) is 65.2 Å². The Morgan fingerprint density at radius 3 is 2.64 bits per heavy atom. The smallest absolute Gasteiger partial charge is 0.199 e. The Kier molecular flexibility index (Phi) is 9.00. The van der Waals surface area contributed by atoms with E-state index in [1.807, 2.05) is 0 Å². The molecule has 1 aliphatic carbocycles. The summed E-state index contributed by atoms with van der Waals surface area (Å²) in [6.07, 6.45) is 14.0. The zero-order valence-electron chi connectivity index (χ0n) is 19.0. The molecule has 3 aliphatic rings. The monoisotopic (exact) mass is 483 g/mol. The molecule has 2 saturated heterocycles. The van der Waals surface area contributed by atoms with Crippen LogP contribution in [0, 0.1) is 0 Å². The van der Waals surface area contributed by atoms with E-state index >= 15 is 0 Å². The van der Waals surface area contributed by atoms with E-state index in [4.69, 9.17) is 22.7 Å². The van der Waals surface area contributed by atoms with Crippen molar-refractivity contribution in [2.45, 2.75) is 25.3 Å². The first-order valence-corrected chi connectivity index (χ1v) is 13.0. The second-order valence-electron chi connectivity index (χ2n) is 8.39. The van der Waals surface area contributed by atoms with E-state index in [2.05, 4.69) is 74.8 Å². The standard InChI is InChI=1S/C25H33N5OS2/c26-24(33-19-20-5-3-1-2-4-6-20)28-25(32)27-21-7-9-22(10-8-21)29-13-11-23(12-14-29)30-15-17-31-18-16-30/h1,3-10,23H,2,11-19H2,(H3,26,27,28,32). The Bertz CT molecular complexity index is 911. The lowest BCUT2D eigenvalue weighted by Gasteiger charge is -2.40. The molecular weight excluding hydrogens is 450 g/mol. The Morgan fingerprint density at radius 2 is 1.88 bits per heavy atom. The van der Waals surface area contributed by atoms with Crippen LogP contribution in [-0.2, 0) is 4.74 Å². The van der Waals surface area contributed by atoms with E-state index in [0.717, 1.165) is 57.3 Å². The number of nitrogens with one attached hydrogen (secondary N) is 1. The SMILES string of the molecule is NC(=NC(=S)Nc1ccc(N2CCC(N3CCOCC3)CC2)cc1)SCC1=CC=CCC=C1. The molecule has 2 fully saturated rings. The molecule has 0 amide bonds. The van der Waals surface area contributed by atoms with E-state index < -0.39 is 0 Å². The summed E-state index contributed by atoms with van der Waals surface area (Å²) < 4.78 is 5.49. The predicted octanol–water partition coefficient (Wildman–Crippen LogP) is 4.17. The highest BCUT2D eigenvalue weighted by Crippen LogP contribution is 2.24. The molecule has 0 saturated carbocycles. The molecule has 33 heavy (non-hydrogen) atoms. The third-order valence-electron chi connectivity index (χ3n) is 6.16. The molecule has 176 valence electrons. The van der Waals surface area contributed by atoms with Gasteiger partial charge in [0.25, 0.3) is 0 Å². The topological polar surface area (TPSA) is 66.1 Å². The minimum Gasteiger partial charge on any atom is -0.379 e. The Labute approximate surface area is 206 Å². The number of rotatable bonds is 5. The van der Waals surface area contributed by atoms with Crippen molar-refractivity contribution >= 4 is 45.6 Å². The molecule has 0 aromatic heterocycles. The van der Waals surface area contributed by atoms with Crippen LogP contribution >= 0.6 is 24.0 Å². The van der Waals surface area contributed by atoms with Crippen LogP contribution in [0.2, 0.25) is 0 Å². The average Bonchev–Trinajstić information content (AvgIpc) is 3.13. The summed E-state index contributed by atoms with van der Waals surface area (Å²) in [5.74, 6) is 0.774. The summed E-state index contributed by atoms with van der Waals surface area (Å²) in [4.78, 5) is 9.40. The molecule has 4 rings (SSSR count). The second kappa shape index (κ2) is 12.4. The van der Waals surface area contributed by atoms with E-state index in [0.29, 0.717) is 16.3 Å². The van der Waals surface area contributed by atoms with Gasteiger partial charge >= 0.3 is 0 Å². The molecule has 1 aromatic rings. The number of thiocarbonyl (C=S) groups is 1. The first-order chi connectivity index (χ1) is 16.2. The van der Waals surface area contributed by atoms with Crippen molar-refractivity contribution in [1.82, 2.24) is 4.90 Å². The number of benzene rings is 1. The maximum Gasteiger partial charge on any atom is 0.199 e. The molecular formula is C25H33N5OS2. The molecule has 0 unspecified atom stereocenters. The summed E-state index contributed by atoms with van der Waals surface area (Å²) in [6, 6.07) is 9.11. The van der Waals surface area contributed by atoms with Crippen molar-refractivity contribution in [3.05, 3.63) is 60.2 Å². The van der Waals surface area contributed by atoms with Gasteiger partial charge in [0, 0.05) is 49.3 Å². The summed E-state index contributed by atoms with van der Waals surface area (Å²) in [5, 5.41) is 4.02. The Balaban J connectivity index is 1.22. The van der Waals surface area contributed by atoms with Crippen molar-refractivity contribution in [2.24, 2.45) is 10.7 Å². The molecule has 0 bridgehead atoms. The van der Waals surface area contributed by atoms with Crippen LogP contribution < -0.4 is 16.0 Å². The van der Waals surface area contributed by atoms with Crippen molar-refractivity contribution in [2.75, 3.05) is 55.4 Å². The van der Waals surface area contributed by atoms with Crippen molar-refractivity contribution in [3.63, 3.8) is 0 Å². The fourth-order valence-corrected chi connectivity index (χ4v) is 5.29. The third kappa shape index (κ3) is 7.43. The van der Waals surface area contributed by atoms with Gasteiger partial charge in [-0.05, 0) is 61.3 Å².